The molecule has 1 amide bonds. The number of carbonyl (C=O) groups is 1. The van der Waals surface area contributed by atoms with Crippen LogP contribution in [-0.4, -0.2) is 20.7 Å². The highest BCUT2D eigenvalue weighted by Gasteiger charge is 2.22. The van der Waals surface area contributed by atoms with Crippen molar-refractivity contribution in [1.82, 2.24) is 14.8 Å². The summed E-state index contributed by atoms with van der Waals surface area (Å²) >= 11 is 5.93. The molecule has 0 saturated carbocycles. The molecule has 0 aliphatic heterocycles. The van der Waals surface area contributed by atoms with E-state index in [0.29, 0.717) is 44.5 Å². The minimum absolute atomic E-state index is 0.104. The van der Waals surface area contributed by atoms with Gasteiger partial charge in [0.1, 0.15) is 34.2 Å². The molecule has 1 atom stereocenters. The van der Waals surface area contributed by atoms with E-state index in [0.717, 1.165) is 10.9 Å². The number of ether oxygens (including phenoxy) is 1. The predicted octanol–water partition coefficient (Wildman–Crippen LogP) is 5.12. The van der Waals surface area contributed by atoms with Gasteiger partial charge in [0.15, 0.2) is 16.9 Å². The quantitative estimate of drug-likeness (QED) is 0.313. The van der Waals surface area contributed by atoms with E-state index in [-0.39, 0.29) is 22.0 Å². The number of primary amides is 1. The van der Waals surface area contributed by atoms with Gasteiger partial charge in [-0.3, -0.25) is 14.3 Å². The minimum atomic E-state index is -0.785. The lowest BCUT2D eigenvalue weighted by Crippen LogP contribution is -2.17. The molecule has 0 aliphatic carbocycles. The molecular formula is C28H22ClN5O4. The van der Waals surface area contributed by atoms with Gasteiger partial charge in [-0.15, -0.1) is 0 Å². The van der Waals surface area contributed by atoms with E-state index >= 15 is 0 Å². The molecule has 9 nitrogen and oxygen atoms in total. The Hall–Kier alpha value is -4.68. The monoisotopic (exact) mass is 527 g/mol. The Kier molecular flexibility index (Phi) is 6.13. The maximum absolute atomic E-state index is 13.5. The molecule has 5 rings (SSSR count). The van der Waals surface area contributed by atoms with Crippen molar-refractivity contribution in [3.63, 3.8) is 0 Å². The van der Waals surface area contributed by atoms with Gasteiger partial charge in [0.2, 0.25) is 0 Å². The Labute approximate surface area is 222 Å². The van der Waals surface area contributed by atoms with E-state index < -0.39 is 12.0 Å². The van der Waals surface area contributed by atoms with Gasteiger partial charge in [0.25, 0.3) is 5.91 Å². The fourth-order valence-electron chi connectivity index (χ4n) is 4.56. The molecule has 2 N–H and O–H groups in total. The van der Waals surface area contributed by atoms with Crippen LogP contribution >= 0.6 is 11.6 Å². The molecule has 38 heavy (non-hydrogen) atoms. The van der Waals surface area contributed by atoms with Crippen LogP contribution in [0.4, 0.5) is 0 Å². The summed E-state index contributed by atoms with van der Waals surface area (Å²) in [5.41, 5.74) is 8.85. The summed E-state index contributed by atoms with van der Waals surface area (Å²) in [4.78, 5) is 29.4. The number of nitriles is 1. The second-order valence-electron chi connectivity index (χ2n) is 9.10. The standard InChI is InChI=1S/C28H22ClN5O4/c1-13-7-19(15(3)37-21-5-6-22(29)32-24(21)28(31)36)27-20(8-13)25(35)14(2)26(38-27)16-9-17(11-30)23-18(10-16)12-34(4)33-23/h5-10,12,15H,1-4H3,(H2,31,36)/t15-/m1/s1. The average molecular weight is 528 g/mol. The highest BCUT2D eigenvalue weighted by molar-refractivity contribution is 6.29. The summed E-state index contributed by atoms with van der Waals surface area (Å²) in [5.74, 6) is -0.292. The molecule has 0 saturated heterocycles. The molecule has 3 heterocycles. The zero-order chi connectivity index (χ0) is 27.3. The lowest BCUT2D eigenvalue weighted by atomic mass is 9.98. The van der Waals surface area contributed by atoms with Crippen LogP contribution in [0.3, 0.4) is 0 Å². The van der Waals surface area contributed by atoms with Crippen molar-refractivity contribution in [1.29, 1.82) is 5.26 Å². The number of amides is 1. The van der Waals surface area contributed by atoms with Crippen molar-refractivity contribution < 1.29 is 13.9 Å². The van der Waals surface area contributed by atoms with Crippen LogP contribution in [0.2, 0.25) is 5.15 Å². The van der Waals surface area contributed by atoms with Crippen molar-refractivity contribution in [2.24, 2.45) is 12.8 Å². The highest BCUT2D eigenvalue weighted by atomic mass is 35.5. The third-order valence-electron chi connectivity index (χ3n) is 6.30. The van der Waals surface area contributed by atoms with Crippen LogP contribution in [0.25, 0.3) is 33.2 Å². The van der Waals surface area contributed by atoms with Crippen molar-refractivity contribution in [3.05, 3.63) is 85.9 Å². The largest absolute Gasteiger partial charge is 0.483 e. The molecule has 0 radical (unpaired) electrons. The van der Waals surface area contributed by atoms with Gasteiger partial charge in [-0.2, -0.15) is 10.4 Å². The number of pyridine rings is 1. The average Bonchev–Trinajstić information content (AvgIpc) is 3.26. The van der Waals surface area contributed by atoms with E-state index in [1.165, 1.54) is 12.1 Å². The number of hydrogen-bond acceptors (Lipinski definition) is 7. The number of rotatable bonds is 5. The minimum Gasteiger partial charge on any atom is -0.483 e. The van der Waals surface area contributed by atoms with Gasteiger partial charge >= 0.3 is 0 Å². The number of hydrogen-bond donors (Lipinski definition) is 1. The van der Waals surface area contributed by atoms with Crippen LogP contribution < -0.4 is 15.9 Å². The van der Waals surface area contributed by atoms with Gasteiger partial charge < -0.3 is 14.9 Å². The first-order valence-corrected chi connectivity index (χ1v) is 12.0. The van der Waals surface area contributed by atoms with Crippen LogP contribution in [-0.2, 0) is 7.05 Å². The zero-order valence-corrected chi connectivity index (χ0v) is 21.8. The van der Waals surface area contributed by atoms with Crippen molar-refractivity contribution in [2.45, 2.75) is 26.9 Å². The maximum atomic E-state index is 13.5. The molecule has 0 bridgehead atoms. The number of benzene rings is 2. The van der Waals surface area contributed by atoms with Gasteiger partial charge in [-0.1, -0.05) is 11.6 Å². The van der Waals surface area contributed by atoms with Crippen LogP contribution in [0.1, 0.15) is 45.8 Å². The first-order valence-electron chi connectivity index (χ1n) is 11.7. The molecule has 0 fully saturated rings. The molecule has 0 aliphatic rings. The molecule has 3 aromatic heterocycles. The first kappa shape index (κ1) is 25.0. The number of fused-ring (bicyclic) bond motifs is 2. The number of aromatic nitrogens is 3. The topological polar surface area (TPSA) is 137 Å². The van der Waals surface area contributed by atoms with Crippen LogP contribution in [0, 0.1) is 25.2 Å². The van der Waals surface area contributed by atoms with Crippen molar-refractivity contribution in [2.75, 3.05) is 0 Å². The third-order valence-corrected chi connectivity index (χ3v) is 6.51. The molecule has 5 aromatic rings. The maximum Gasteiger partial charge on any atom is 0.271 e. The number of carbonyl (C=O) groups excluding carboxylic acids is 1. The Morgan fingerprint density at radius 2 is 2.00 bits per heavy atom. The normalized spacial score (nSPS) is 12.0. The molecule has 0 unspecified atom stereocenters. The summed E-state index contributed by atoms with van der Waals surface area (Å²) in [6.07, 6.45) is 1.14. The highest BCUT2D eigenvalue weighted by Crippen LogP contribution is 2.35. The fraction of sp³-hybridized carbons (Fsp3) is 0.179. The summed E-state index contributed by atoms with van der Waals surface area (Å²) < 4.78 is 14.1. The van der Waals surface area contributed by atoms with E-state index in [4.69, 9.17) is 26.5 Å². The fourth-order valence-corrected chi connectivity index (χ4v) is 4.71. The Morgan fingerprint density at radius 3 is 2.71 bits per heavy atom. The molecular weight excluding hydrogens is 506 g/mol. The SMILES string of the molecule is Cc1cc([C@@H](C)Oc2ccc(Cl)nc2C(N)=O)c2oc(-c3cc(C#N)c4nn(C)cc4c3)c(C)c(=O)c2c1. The molecule has 190 valence electrons. The number of aryl methyl sites for hydroxylation is 2. The summed E-state index contributed by atoms with van der Waals surface area (Å²) in [5, 5.41) is 15.3. The number of nitrogens with zero attached hydrogens (tertiary/aromatic N) is 4. The van der Waals surface area contributed by atoms with Gasteiger partial charge in [-0.25, -0.2) is 4.98 Å². The molecule has 10 heteroatoms. The second-order valence-corrected chi connectivity index (χ2v) is 9.48. The Bertz CT molecular complexity index is 1880. The van der Waals surface area contributed by atoms with Gasteiger partial charge in [0.05, 0.1) is 10.9 Å². The van der Waals surface area contributed by atoms with E-state index in [1.54, 1.807) is 43.9 Å². The van der Waals surface area contributed by atoms with Gasteiger partial charge in [0, 0.05) is 35.3 Å². The first-order chi connectivity index (χ1) is 18.1. The van der Waals surface area contributed by atoms with E-state index in [1.807, 2.05) is 19.1 Å². The smallest absolute Gasteiger partial charge is 0.271 e. The lowest BCUT2D eigenvalue weighted by Gasteiger charge is -2.19. The number of halogens is 1. The number of nitrogens with two attached hydrogens (primary N) is 1. The summed E-state index contributed by atoms with van der Waals surface area (Å²) in [6, 6.07) is 12.3. The zero-order valence-electron chi connectivity index (χ0n) is 21.0. The summed E-state index contributed by atoms with van der Waals surface area (Å²) in [7, 11) is 1.78. The summed E-state index contributed by atoms with van der Waals surface area (Å²) in [6.45, 7) is 5.33. The van der Waals surface area contributed by atoms with Gasteiger partial charge in [-0.05, 0) is 62.7 Å². The van der Waals surface area contributed by atoms with Crippen LogP contribution in [0.15, 0.2) is 51.8 Å². The van der Waals surface area contributed by atoms with E-state index in [2.05, 4.69) is 16.2 Å². The van der Waals surface area contributed by atoms with Crippen LogP contribution in [0.5, 0.6) is 5.75 Å². The van der Waals surface area contributed by atoms with Crippen molar-refractivity contribution in [3.8, 4) is 23.1 Å². The van der Waals surface area contributed by atoms with Crippen molar-refractivity contribution >= 4 is 39.4 Å². The predicted molar refractivity (Wildman–Crippen MR) is 143 cm³/mol. The molecule has 0 spiro atoms. The lowest BCUT2D eigenvalue weighted by molar-refractivity contribution is 0.0988. The van der Waals surface area contributed by atoms with E-state index in [9.17, 15) is 14.9 Å². The molecule has 2 aromatic carbocycles. The second kappa shape index (κ2) is 9.32. The Morgan fingerprint density at radius 1 is 1.24 bits per heavy atom. The third kappa shape index (κ3) is 4.25. The Balaban J connectivity index is 1.71.